The number of carbonyl (C=O) groups is 2. The molecule has 0 spiro atoms. The van der Waals surface area contributed by atoms with Gasteiger partial charge in [-0.05, 0) is 91.3 Å². The van der Waals surface area contributed by atoms with Gasteiger partial charge >= 0.3 is 12.1 Å². The van der Waals surface area contributed by atoms with Gasteiger partial charge in [0.1, 0.15) is 6.10 Å². The maximum atomic E-state index is 13.7. The smallest absolute Gasteiger partial charge is 0.407 e. The van der Waals surface area contributed by atoms with Crippen molar-refractivity contribution >= 4 is 12.1 Å². The normalized spacial score (nSPS) is 29.9. The molecule has 3 saturated carbocycles. The van der Waals surface area contributed by atoms with Gasteiger partial charge in [0.15, 0.2) is 0 Å². The van der Waals surface area contributed by atoms with E-state index in [1.807, 2.05) is 0 Å². The van der Waals surface area contributed by atoms with E-state index >= 15 is 0 Å². The Kier molecular flexibility index (Phi) is 13.9. The zero-order chi connectivity index (χ0) is 38.5. The molecule has 4 aliphatic rings. The molecule has 12 heteroatoms. The zero-order valence-electron chi connectivity index (χ0n) is 32.0. The molecule has 1 aromatic rings. The van der Waals surface area contributed by atoms with Gasteiger partial charge in [-0.2, -0.15) is 8.78 Å². The van der Waals surface area contributed by atoms with Crippen molar-refractivity contribution in [1.29, 1.82) is 0 Å². The van der Waals surface area contributed by atoms with Gasteiger partial charge < -0.3 is 24.3 Å². The second-order valence-corrected chi connectivity index (χ2v) is 16.8. The fourth-order valence-electron chi connectivity index (χ4n) is 10.5. The van der Waals surface area contributed by atoms with Crippen LogP contribution in [0.15, 0.2) is 11.6 Å². The van der Waals surface area contributed by atoms with Crippen LogP contribution in [-0.4, -0.2) is 51.1 Å². The van der Waals surface area contributed by atoms with Crippen LogP contribution < -0.4 is 10.1 Å². The number of allylic oxidation sites excluding steroid dienone is 1. The average molecular weight is 756 g/mol. The molecule has 0 aromatic heterocycles. The van der Waals surface area contributed by atoms with Crippen LogP contribution in [0.3, 0.4) is 0 Å². The summed E-state index contributed by atoms with van der Waals surface area (Å²) in [6.45, 7) is 12.6. The summed E-state index contributed by atoms with van der Waals surface area (Å²) in [7, 11) is 0. The Morgan fingerprint density at radius 1 is 0.830 bits per heavy atom. The van der Waals surface area contributed by atoms with Crippen LogP contribution in [-0.2, 0) is 19.0 Å². The molecule has 0 saturated heterocycles. The number of benzene rings is 1. The van der Waals surface area contributed by atoms with Crippen LogP contribution in [0.4, 0.5) is 26.7 Å². The first kappa shape index (κ1) is 41.4. The highest BCUT2D eigenvalue weighted by atomic mass is 19.2. The van der Waals surface area contributed by atoms with Crippen molar-refractivity contribution < 1.29 is 50.5 Å². The monoisotopic (exact) mass is 755 g/mol. The SMILES string of the molecule is CC(C)CCC[C@@H](C)[C@H]1CC[C@H]2[C@@H]3CC=C4C[C@@H](OC(=O)NCCOCCOCCC(=O)Oc5c(F)c(F)c(F)c(F)c5F)CC[C@]4(C)[C@H]3CC[C@]12C. The van der Waals surface area contributed by atoms with Gasteiger partial charge in [-0.3, -0.25) is 4.79 Å². The first-order valence-corrected chi connectivity index (χ1v) is 19.7. The molecule has 1 amide bonds. The Morgan fingerprint density at radius 2 is 1.51 bits per heavy atom. The molecular formula is C41H58F5NO6. The first-order chi connectivity index (χ1) is 25.2. The van der Waals surface area contributed by atoms with Crippen molar-refractivity contribution in [3.8, 4) is 5.75 Å². The predicted molar refractivity (Wildman–Crippen MR) is 189 cm³/mol. The number of amides is 1. The van der Waals surface area contributed by atoms with E-state index in [1.54, 1.807) is 0 Å². The highest BCUT2D eigenvalue weighted by molar-refractivity contribution is 5.72. The molecule has 7 nitrogen and oxygen atoms in total. The van der Waals surface area contributed by atoms with Crippen LogP contribution in [0.5, 0.6) is 5.75 Å². The van der Waals surface area contributed by atoms with Gasteiger partial charge in [0.2, 0.25) is 34.8 Å². The molecule has 1 N–H and O–H groups in total. The molecule has 0 bridgehead atoms. The molecule has 4 aliphatic carbocycles. The minimum atomic E-state index is -2.34. The lowest BCUT2D eigenvalue weighted by atomic mass is 9.47. The summed E-state index contributed by atoms with van der Waals surface area (Å²) in [5, 5.41) is 2.73. The van der Waals surface area contributed by atoms with E-state index in [-0.39, 0.29) is 44.5 Å². The molecule has 5 rings (SSSR count). The summed E-state index contributed by atoms with van der Waals surface area (Å²) >= 11 is 0. The highest BCUT2D eigenvalue weighted by Gasteiger charge is 2.59. The standard InChI is InChI=1S/C41H58F5NO6/c1-24(2)7-6-8-25(3)29-11-12-30-28-10-9-26-23-27(13-16-40(26,4)31(28)14-17-41(29,30)5)52-39(49)47-18-20-51-22-21-50-19-15-32(48)53-38-36(45)34(43)33(42)35(44)37(38)46/h9,24-25,27-31H,6-8,10-23H2,1-5H3,(H,47,49)/t25-,27+,28+,29-,30+,31+,40+,41-/m1/s1. The van der Waals surface area contributed by atoms with Gasteiger partial charge in [-0.15, -0.1) is 0 Å². The highest BCUT2D eigenvalue weighted by Crippen LogP contribution is 2.67. The molecule has 0 unspecified atom stereocenters. The van der Waals surface area contributed by atoms with Gasteiger partial charge in [0.05, 0.1) is 32.8 Å². The van der Waals surface area contributed by atoms with Crippen LogP contribution in [0.25, 0.3) is 0 Å². The minimum Gasteiger partial charge on any atom is -0.446 e. The van der Waals surface area contributed by atoms with E-state index in [9.17, 15) is 31.5 Å². The van der Waals surface area contributed by atoms with Crippen LogP contribution in [0.2, 0.25) is 0 Å². The number of carbonyl (C=O) groups excluding carboxylic acids is 2. The number of halogens is 5. The zero-order valence-corrected chi connectivity index (χ0v) is 32.0. The second-order valence-electron chi connectivity index (χ2n) is 16.8. The van der Waals surface area contributed by atoms with Gasteiger partial charge in [-0.1, -0.05) is 65.5 Å². The fraction of sp³-hybridized carbons (Fsp3) is 0.756. The van der Waals surface area contributed by atoms with Gasteiger partial charge in [0.25, 0.3) is 0 Å². The summed E-state index contributed by atoms with van der Waals surface area (Å²) < 4.78 is 87.8. The van der Waals surface area contributed by atoms with Gasteiger partial charge in [-0.25, -0.2) is 18.0 Å². The second kappa shape index (κ2) is 17.8. The maximum absolute atomic E-state index is 13.7. The van der Waals surface area contributed by atoms with Crippen molar-refractivity contribution in [2.24, 2.45) is 46.3 Å². The number of hydrogen-bond acceptors (Lipinski definition) is 6. The number of alkyl carbamates (subject to hydrolysis) is 1. The molecule has 0 aliphatic heterocycles. The van der Waals surface area contributed by atoms with E-state index < -0.39 is 53.3 Å². The lowest BCUT2D eigenvalue weighted by Crippen LogP contribution is -2.51. The number of esters is 1. The van der Waals surface area contributed by atoms with E-state index in [0.29, 0.717) is 11.3 Å². The van der Waals surface area contributed by atoms with Crippen molar-refractivity contribution in [3.63, 3.8) is 0 Å². The summed E-state index contributed by atoms with van der Waals surface area (Å²) in [5.74, 6) is -9.44. The van der Waals surface area contributed by atoms with E-state index in [1.165, 1.54) is 50.5 Å². The summed E-state index contributed by atoms with van der Waals surface area (Å²) in [4.78, 5) is 24.4. The maximum Gasteiger partial charge on any atom is 0.407 e. The first-order valence-electron chi connectivity index (χ1n) is 19.7. The van der Waals surface area contributed by atoms with Crippen LogP contribution >= 0.6 is 0 Å². The third-order valence-corrected chi connectivity index (χ3v) is 13.3. The van der Waals surface area contributed by atoms with E-state index in [2.05, 4.69) is 50.7 Å². The fourth-order valence-corrected chi connectivity index (χ4v) is 10.5. The Hall–Kier alpha value is -2.73. The minimum absolute atomic E-state index is 0.0518. The Labute approximate surface area is 311 Å². The summed E-state index contributed by atoms with van der Waals surface area (Å²) in [5.41, 5.74) is 2.10. The van der Waals surface area contributed by atoms with Crippen molar-refractivity contribution in [3.05, 3.63) is 40.7 Å². The number of nitrogens with one attached hydrogen (secondary N) is 1. The number of rotatable bonds is 16. The lowest BCUT2D eigenvalue weighted by Gasteiger charge is -2.58. The third-order valence-electron chi connectivity index (χ3n) is 13.3. The van der Waals surface area contributed by atoms with Crippen molar-refractivity contribution in [1.82, 2.24) is 5.32 Å². The Morgan fingerprint density at radius 3 is 2.21 bits per heavy atom. The van der Waals surface area contributed by atoms with Crippen LogP contribution in [0, 0.1) is 75.4 Å². The Bertz CT molecular complexity index is 1460. The number of hydrogen-bond donors (Lipinski definition) is 1. The summed E-state index contributed by atoms with van der Waals surface area (Å²) in [6, 6.07) is 0. The average Bonchev–Trinajstić information content (AvgIpc) is 3.48. The van der Waals surface area contributed by atoms with Crippen molar-refractivity contribution in [2.75, 3.05) is 33.0 Å². The quantitative estimate of drug-likeness (QED) is 0.0344. The molecule has 3 fully saturated rings. The molecule has 298 valence electrons. The molecule has 8 atom stereocenters. The summed E-state index contributed by atoms with van der Waals surface area (Å²) in [6.07, 6.45) is 14.6. The molecule has 1 aromatic carbocycles. The number of fused-ring (bicyclic) bond motifs is 5. The molecule has 53 heavy (non-hydrogen) atoms. The lowest BCUT2D eigenvalue weighted by molar-refractivity contribution is -0.136. The largest absolute Gasteiger partial charge is 0.446 e. The van der Waals surface area contributed by atoms with Crippen LogP contribution in [0.1, 0.15) is 112 Å². The van der Waals surface area contributed by atoms with Crippen molar-refractivity contribution in [2.45, 2.75) is 118 Å². The van der Waals surface area contributed by atoms with Gasteiger partial charge in [0, 0.05) is 13.0 Å². The van der Waals surface area contributed by atoms with E-state index in [4.69, 9.17) is 14.2 Å². The molecule has 0 radical (unpaired) electrons. The molecular weight excluding hydrogens is 697 g/mol. The number of ether oxygens (including phenoxy) is 4. The predicted octanol–water partition coefficient (Wildman–Crippen LogP) is 9.85. The third kappa shape index (κ3) is 9.22. The molecule has 0 heterocycles. The van der Waals surface area contributed by atoms with E-state index in [0.717, 1.165) is 55.3 Å². The Balaban J connectivity index is 0.967. The topological polar surface area (TPSA) is 83.1 Å².